The molecule has 6 heteroatoms. The van der Waals surface area contributed by atoms with E-state index in [4.69, 9.17) is 9.47 Å². The van der Waals surface area contributed by atoms with Gasteiger partial charge in [0.1, 0.15) is 17.1 Å². The molecule has 0 atom stereocenters. The molecule has 0 bridgehead atoms. The minimum Gasteiger partial charge on any atom is -0.497 e. The second-order valence-corrected chi connectivity index (χ2v) is 6.80. The van der Waals surface area contributed by atoms with Gasteiger partial charge in [0.05, 0.1) is 20.8 Å². The highest BCUT2D eigenvalue weighted by Gasteiger charge is 2.15. The highest BCUT2D eigenvalue weighted by atomic mass is 16.5. The van der Waals surface area contributed by atoms with Gasteiger partial charge in [-0.1, -0.05) is 18.2 Å². The van der Waals surface area contributed by atoms with Crippen molar-refractivity contribution in [1.82, 2.24) is 4.57 Å². The van der Waals surface area contributed by atoms with E-state index in [1.165, 1.54) is 10.6 Å². The molecule has 0 saturated heterocycles. The van der Waals surface area contributed by atoms with Crippen molar-refractivity contribution >= 4 is 11.6 Å². The molecule has 0 fully saturated rings. The molecule has 0 saturated carbocycles. The van der Waals surface area contributed by atoms with E-state index < -0.39 is 5.91 Å². The van der Waals surface area contributed by atoms with E-state index in [-0.39, 0.29) is 17.7 Å². The zero-order chi connectivity index (χ0) is 21.0. The van der Waals surface area contributed by atoms with Gasteiger partial charge in [0.2, 0.25) is 0 Å². The van der Waals surface area contributed by atoms with Crippen molar-refractivity contribution in [2.24, 2.45) is 0 Å². The SMILES string of the molecule is COc1cc(Cn2cccc(C(=O)Nc3c(C)cccc3C)c2=O)cc(OC)c1. The number of carbonyl (C=O) groups excluding carboxylic acids is 1. The Morgan fingerprint density at radius 1 is 0.966 bits per heavy atom. The molecule has 3 aromatic rings. The van der Waals surface area contributed by atoms with Gasteiger partial charge in [0, 0.05) is 18.0 Å². The van der Waals surface area contributed by atoms with E-state index in [9.17, 15) is 9.59 Å². The summed E-state index contributed by atoms with van der Waals surface area (Å²) in [4.78, 5) is 25.7. The van der Waals surface area contributed by atoms with Crippen LogP contribution in [0.2, 0.25) is 0 Å². The van der Waals surface area contributed by atoms with Crippen LogP contribution < -0.4 is 20.3 Å². The first-order valence-electron chi connectivity index (χ1n) is 9.22. The molecule has 1 amide bonds. The normalized spacial score (nSPS) is 10.5. The van der Waals surface area contributed by atoms with Crippen LogP contribution in [0, 0.1) is 13.8 Å². The number of carbonyl (C=O) groups is 1. The standard InChI is InChI=1S/C23H24N2O4/c1-15-7-5-8-16(2)21(15)24-22(26)20-9-6-10-25(23(20)27)14-17-11-18(28-3)13-19(12-17)29-4/h5-13H,14H2,1-4H3,(H,24,26). The Kier molecular flexibility index (Phi) is 6.02. The lowest BCUT2D eigenvalue weighted by Gasteiger charge is -2.13. The molecule has 0 aliphatic heterocycles. The maximum absolute atomic E-state index is 12.9. The number of anilines is 1. The minimum atomic E-state index is -0.426. The minimum absolute atomic E-state index is 0.0880. The van der Waals surface area contributed by atoms with Gasteiger partial charge in [-0.05, 0) is 54.8 Å². The molecule has 0 unspecified atom stereocenters. The van der Waals surface area contributed by atoms with Crippen LogP contribution in [0.3, 0.4) is 0 Å². The van der Waals surface area contributed by atoms with Crippen LogP contribution >= 0.6 is 0 Å². The van der Waals surface area contributed by atoms with Gasteiger partial charge in [-0.3, -0.25) is 9.59 Å². The van der Waals surface area contributed by atoms with Crippen molar-refractivity contribution in [3.63, 3.8) is 0 Å². The summed E-state index contributed by atoms with van der Waals surface area (Å²) in [6, 6.07) is 14.4. The van der Waals surface area contributed by atoms with E-state index in [0.29, 0.717) is 11.5 Å². The number of benzene rings is 2. The lowest BCUT2D eigenvalue weighted by Crippen LogP contribution is -2.29. The highest BCUT2D eigenvalue weighted by molar-refractivity contribution is 6.04. The number of nitrogens with zero attached hydrogens (tertiary/aromatic N) is 1. The van der Waals surface area contributed by atoms with Crippen LogP contribution in [0.5, 0.6) is 11.5 Å². The summed E-state index contributed by atoms with van der Waals surface area (Å²) < 4.78 is 12.1. The Hall–Kier alpha value is -3.54. The molecular formula is C23H24N2O4. The summed E-state index contributed by atoms with van der Waals surface area (Å²) in [6.07, 6.45) is 1.66. The summed E-state index contributed by atoms with van der Waals surface area (Å²) in [5, 5.41) is 2.87. The fourth-order valence-electron chi connectivity index (χ4n) is 3.18. The second kappa shape index (κ2) is 8.65. The number of rotatable bonds is 6. The summed E-state index contributed by atoms with van der Waals surface area (Å²) in [6.45, 7) is 4.13. The fraction of sp³-hybridized carbons (Fsp3) is 0.217. The quantitative estimate of drug-likeness (QED) is 0.693. The first-order chi connectivity index (χ1) is 13.9. The number of aromatic nitrogens is 1. The average Bonchev–Trinajstić information content (AvgIpc) is 2.72. The average molecular weight is 392 g/mol. The fourth-order valence-corrected chi connectivity index (χ4v) is 3.18. The van der Waals surface area contributed by atoms with Crippen LogP contribution in [0.1, 0.15) is 27.0 Å². The highest BCUT2D eigenvalue weighted by Crippen LogP contribution is 2.23. The monoisotopic (exact) mass is 392 g/mol. The molecule has 1 heterocycles. The predicted octanol–water partition coefficient (Wildman–Crippen LogP) is 3.78. The zero-order valence-corrected chi connectivity index (χ0v) is 17.0. The third kappa shape index (κ3) is 4.48. The number of ether oxygens (including phenoxy) is 2. The van der Waals surface area contributed by atoms with E-state index in [1.807, 2.05) is 44.2 Å². The number of pyridine rings is 1. The molecule has 3 rings (SSSR count). The molecule has 1 N–H and O–H groups in total. The summed E-state index contributed by atoms with van der Waals surface area (Å²) in [5.41, 5.74) is 3.17. The zero-order valence-electron chi connectivity index (χ0n) is 17.0. The topological polar surface area (TPSA) is 69.6 Å². The number of amides is 1. The van der Waals surface area contributed by atoms with Crippen molar-refractivity contribution < 1.29 is 14.3 Å². The van der Waals surface area contributed by atoms with E-state index in [2.05, 4.69) is 5.32 Å². The van der Waals surface area contributed by atoms with Gasteiger partial charge in [0.25, 0.3) is 11.5 Å². The third-order valence-electron chi connectivity index (χ3n) is 4.75. The number of aryl methyl sites for hydroxylation is 2. The molecule has 29 heavy (non-hydrogen) atoms. The number of methoxy groups -OCH3 is 2. The Labute approximate surface area is 169 Å². The van der Waals surface area contributed by atoms with E-state index in [0.717, 1.165) is 22.4 Å². The molecule has 0 spiro atoms. The van der Waals surface area contributed by atoms with Crippen molar-refractivity contribution in [3.05, 3.63) is 87.3 Å². The Bertz CT molecular complexity index is 1060. The molecular weight excluding hydrogens is 368 g/mol. The maximum Gasteiger partial charge on any atom is 0.263 e. The van der Waals surface area contributed by atoms with Gasteiger partial charge in [-0.15, -0.1) is 0 Å². The summed E-state index contributed by atoms with van der Waals surface area (Å²) >= 11 is 0. The van der Waals surface area contributed by atoms with Crippen LogP contribution in [0.4, 0.5) is 5.69 Å². The van der Waals surface area contributed by atoms with Crippen LogP contribution in [-0.2, 0) is 6.54 Å². The number of para-hydroxylation sites is 1. The number of hydrogen-bond acceptors (Lipinski definition) is 4. The first-order valence-corrected chi connectivity index (χ1v) is 9.22. The van der Waals surface area contributed by atoms with Gasteiger partial charge in [-0.25, -0.2) is 0 Å². The van der Waals surface area contributed by atoms with Crippen LogP contribution in [-0.4, -0.2) is 24.7 Å². The van der Waals surface area contributed by atoms with Crippen molar-refractivity contribution in [2.45, 2.75) is 20.4 Å². The molecule has 0 aliphatic rings. The van der Waals surface area contributed by atoms with Crippen LogP contribution in [0.15, 0.2) is 59.5 Å². The van der Waals surface area contributed by atoms with Crippen molar-refractivity contribution in [1.29, 1.82) is 0 Å². The molecule has 1 aromatic heterocycles. The largest absolute Gasteiger partial charge is 0.497 e. The smallest absolute Gasteiger partial charge is 0.263 e. The molecule has 6 nitrogen and oxygen atoms in total. The molecule has 0 radical (unpaired) electrons. The lowest BCUT2D eigenvalue weighted by atomic mass is 10.1. The van der Waals surface area contributed by atoms with Gasteiger partial charge >= 0.3 is 0 Å². The van der Waals surface area contributed by atoms with Crippen molar-refractivity contribution in [3.8, 4) is 11.5 Å². The van der Waals surface area contributed by atoms with Gasteiger partial charge < -0.3 is 19.4 Å². The first kappa shape index (κ1) is 20.2. The molecule has 2 aromatic carbocycles. The lowest BCUT2D eigenvalue weighted by molar-refractivity contribution is 0.102. The van der Waals surface area contributed by atoms with Crippen LogP contribution in [0.25, 0.3) is 0 Å². The Morgan fingerprint density at radius 3 is 2.17 bits per heavy atom. The van der Waals surface area contributed by atoms with Crippen molar-refractivity contribution in [2.75, 3.05) is 19.5 Å². The van der Waals surface area contributed by atoms with Gasteiger partial charge in [0.15, 0.2) is 0 Å². The van der Waals surface area contributed by atoms with E-state index >= 15 is 0 Å². The Balaban J connectivity index is 1.90. The maximum atomic E-state index is 12.9. The summed E-state index contributed by atoms with van der Waals surface area (Å²) in [7, 11) is 3.15. The number of hydrogen-bond donors (Lipinski definition) is 1. The Morgan fingerprint density at radius 2 is 1.59 bits per heavy atom. The summed E-state index contributed by atoms with van der Waals surface area (Å²) in [5.74, 6) is 0.845. The number of nitrogens with one attached hydrogen (secondary N) is 1. The van der Waals surface area contributed by atoms with Gasteiger partial charge in [-0.2, -0.15) is 0 Å². The third-order valence-corrected chi connectivity index (χ3v) is 4.75. The second-order valence-electron chi connectivity index (χ2n) is 6.80. The molecule has 150 valence electrons. The van der Waals surface area contributed by atoms with E-state index in [1.54, 1.807) is 32.5 Å². The predicted molar refractivity (Wildman–Crippen MR) is 113 cm³/mol. The molecule has 0 aliphatic carbocycles.